The van der Waals surface area contributed by atoms with Crippen molar-refractivity contribution in [2.45, 2.75) is 25.8 Å². The second-order valence-corrected chi connectivity index (χ2v) is 6.16. The molecule has 1 fully saturated rings. The highest BCUT2D eigenvalue weighted by Gasteiger charge is 2.26. The first kappa shape index (κ1) is 17.7. The van der Waals surface area contributed by atoms with Crippen LogP contribution in [0.1, 0.15) is 19.8 Å². The minimum atomic E-state index is -0.536. The average molecular weight is 342 g/mol. The van der Waals surface area contributed by atoms with E-state index in [0.717, 1.165) is 25.9 Å². The highest BCUT2D eigenvalue weighted by molar-refractivity contribution is 6.34. The summed E-state index contributed by atoms with van der Waals surface area (Å²) in [7, 11) is 0. The van der Waals surface area contributed by atoms with E-state index < -0.39 is 4.92 Å². The summed E-state index contributed by atoms with van der Waals surface area (Å²) in [6, 6.07) is 3.62. The molecule has 1 aliphatic heterocycles. The summed E-state index contributed by atoms with van der Waals surface area (Å²) in [4.78, 5) is 24.5. The Balaban J connectivity index is 1.97. The van der Waals surface area contributed by atoms with Gasteiger partial charge in [-0.1, -0.05) is 11.6 Å². The normalized spacial score (nSPS) is 17.7. The number of non-ortho nitro benzene ring substituents is 1. The lowest BCUT2D eigenvalue weighted by atomic mass is 9.97. The third-order valence-electron chi connectivity index (χ3n) is 4.26. The smallest absolute Gasteiger partial charge is 0.271 e. The highest BCUT2D eigenvalue weighted by atomic mass is 35.5. The first-order valence-electron chi connectivity index (χ1n) is 7.52. The van der Waals surface area contributed by atoms with Crippen LogP contribution in [0.25, 0.3) is 0 Å². The highest BCUT2D eigenvalue weighted by Crippen LogP contribution is 2.27. The summed E-state index contributed by atoms with van der Waals surface area (Å²) >= 11 is 5.99. The standard InChI is InChI=1S/C15H20ClN3O4/c1-10(18-6-4-11(9-20)5-7-18)15(21)17-14-3-2-12(19(22)23)8-13(14)16/h2-3,8,10-11,20H,4-7,9H2,1H3,(H,17,21). The number of nitro benzene ring substituents is 1. The molecule has 2 N–H and O–H groups in total. The fourth-order valence-corrected chi connectivity index (χ4v) is 2.87. The van der Waals surface area contributed by atoms with Gasteiger partial charge in [-0.3, -0.25) is 19.8 Å². The fourth-order valence-electron chi connectivity index (χ4n) is 2.64. The molecule has 1 aromatic carbocycles. The lowest BCUT2D eigenvalue weighted by Crippen LogP contribution is -2.46. The number of aliphatic hydroxyl groups is 1. The molecule has 1 saturated heterocycles. The van der Waals surface area contributed by atoms with Gasteiger partial charge in [0.25, 0.3) is 5.69 Å². The van der Waals surface area contributed by atoms with E-state index in [1.54, 1.807) is 0 Å². The van der Waals surface area contributed by atoms with Crippen LogP contribution in [0.4, 0.5) is 11.4 Å². The molecule has 0 aromatic heterocycles. The number of likely N-dealkylation sites (tertiary alicyclic amines) is 1. The Morgan fingerprint density at radius 2 is 2.17 bits per heavy atom. The van der Waals surface area contributed by atoms with Crippen molar-refractivity contribution in [1.29, 1.82) is 0 Å². The van der Waals surface area contributed by atoms with Gasteiger partial charge in [-0.15, -0.1) is 0 Å². The first-order valence-corrected chi connectivity index (χ1v) is 7.90. The quantitative estimate of drug-likeness (QED) is 0.632. The van der Waals surface area contributed by atoms with E-state index in [9.17, 15) is 14.9 Å². The fraction of sp³-hybridized carbons (Fsp3) is 0.533. The largest absolute Gasteiger partial charge is 0.396 e. The first-order chi connectivity index (χ1) is 10.9. The third kappa shape index (κ3) is 4.40. The maximum Gasteiger partial charge on any atom is 0.271 e. The molecule has 126 valence electrons. The van der Waals surface area contributed by atoms with Crippen molar-refractivity contribution in [2.24, 2.45) is 5.92 Å². The molecule has 1 heterocycles. The molecular weight excluding hydrogens is 322 g/mol. The predicted octanol–water partition coefficient (Wildman–Crippen LogP) is 2.28. The number of piperidine rings is 1. The molecule has 0 saturated carbocycles. The number of anilines is 1. The third-order valence-corrected chi connectivity index (χ3v) is 4.57. The number of hydrogen-bond donors (Lipinski definition) is 2. The molecule has 1 amide bonds. The topological polar surface area (TPSA) is 95.7 Å². The van der Waals surface area contributed by atoms with E-state index in [-0.39, 0.29) is 29.3 Å². The molecule has 1 aromatic rings. The maximum absolute atomic E-state index is 12.3. The van der Waals surface area contributed by atoms with Crippen molar-refractivity contribution in [2.75, 3.05) is 25.0 Å². The molecule has 0 radical (unpaired) electrons. The van der Waals surface area contributed by atoms with Crippen molar-refractivity contribution >= 4 is 28.9 Å². The van der Waals surface area contributed by atoms with Gasteiger partial charge in [0.2, 0.25) is 5.91 Å². The number of benzene rings is 1. The number of amides is 1. The van der Waals surface area contributed by atoms with Crippen LogP contribution in [0.5, 0.6) is 0 Å². The van der Waals surface area contributed by atoms with E-state index in [0.29, 0.717) is 11.6 Å². The number of nitro groups is 1. The van der Waals surface area contributed by atoms with E-state index >= 15 is 0 Å². The lowest BCUT2D eigenvalue weighted by Gasteiger charge is -2.34. The number of carbonyl (C=O) groups excluding carboxylic acids is 1. The van der Waals surface area contributed by atoms with Crippen LogP contribution >= 0.6 is 11.6 Å². The zero-order valence-corrected chi connectivity index (χ0v) is 13.6. The van der Waals surface area contributed by atoms with Gasteiger partial charge in [-0.2, -0.15) is 0 Å². The number of halogens is 1. The van der Waals surface area contributed by atoms with Crippen LogP contribution in [-0.4, -0.2) is 46.6 Å². The Morgan fingerprint density at radius 1 is 1.52 bits per heavy atom. The van der Waals surface area contributed by atoms with Gasteiger partial charge in [0.15, 0.2) is 0 Å². The molecular formula is C15H20ClN3O4. The van der Waals surface area contributed by atoms with Crippen molar-refractivity contribution in [3.8, 4) is 0 Å². The summed E-state index contributed by atoms with van der Waals surface area (Å²) in [5, 5.41) is 22.7. The second-order valence-electron chi connectivity index (χ2n) is 5.75. The van der Waals surface area contributed by atoms with E-state index in [4.69, 9.17) is 16.7 Å². The van der Waals surface area contributed by atoms with Gasteiger partial charge in [0.05, 0.1) is 21.7 Å². The Kier molecular flexibility index (Phi) is 5.92. The summed E-state index contributed by atoms with van der Waals surface area (Å²) in [6.45, 7) is 3.52. The van der Waals surface area contributed by atoms with Crippen molar-refractivity contribution in [3.63, 3.8) is 0 Å². The minimum absolute atomic E-state index is 0.118. The summed E-state index contributed by atoms with van der Waals surface area (Å²) < 4.78 is 0. The van der Waals surface area contributed by atoms with Crippen molar-refractivity contribution in [1.82, 2.24) is 4.90 Å². The van der Waals surface area contributed by atoms with Crippen LogP contribution < -0.4 is 5.32 Å². The van der Waals surface area contributed by atoms with E-state index in [1.807, 2.05) is 6.92 Å². The molecule has 1 unspecified atom stereocenters. The average Bonchev–Trinajstić information content (AvgIpc) is 2.55. The molecule has 1 aliphatic rings. The molecule has 7 nitrogen and oxygen atoms in total. The number of aliphatic hydroxyl groups excluding tert-OH is 1. The monoisotopic (exact) mass is 341 g/mol. The van der Waals surface area contributed by atoms with Crippen LogP contribution in [0.3, 0.4) is 0 Å². The molecule has 0 spiro atoms. The van der Waals surface area contributed by atoms with Gasteiger partial charge < -0.3 is 10.4 Å². The van der Waals surface area contributed by atoms with Gasteiger partial charge >= 0.3 is 0 Å². The number of nitrogens with zero attached hydrogens (tertiary/aromatic N) is 2. The molecule has 8 heteroatoms. The van der Waals surface area contributed by atoms with Gasteiger partial charge in [-0.05, 0) is 44.8 Å². The SMILES string of the molecule is CC(C(=O)Nc1ccc([N+](=O)[O-])cc1Cl)N1CCC(CO)CC1. The molecule has 0 bridgehead atoms. The van der Waals surface area contributed by atoms with Crippen LogP contribution in [0, 0.1) is 16.0 Å². The number of nitrogens with one attached hydrogen (secondary N) is 1. The minimum Gasteiger partial charge on any atom is -0.396 e. The number of rotatable bonds is 5. The number of carbonyl (C=O) groups is 1. The zero-order valence-electron chi connectivity index (χ0n) is 12.9. The summed E-state index contributed by atoms with van der Waals surface area (Å²) in [6.07, 6.45) is 1.73. The lowest BCUT2D eigenvalue weighted by molar-refractivity contribution is -0.384. The Bertz CT molecular complexity index is 588. The summed E-state index contributed by atoms with van der Waals surface area (Å²) in [5.74, 6) is 0.105. The molecule has 0 aliphatic carbocycles. The van der Waals surface area contributed by atoms with Crippen molar-refractivity contribution in [3.05, 3.63) is 33.3 Å². The summed E-state index contributed by atoms with van der Waals surface area (Å²) in [5.41, 5.74) is 0.242. The Labute approximate surface area is 139 Å². The van der Waals surface area contributed by atoms with Crippen molar-refractivity contribution < 1.29 is 14.8 Å². The van der Waals surface area contributed by atoms with E-state index in [2.05, 4.69) is 10.2 Å². The predicted molar refractivity (Wildman–Crippen MR) is 87.6 cm³/mol. The van der Waals surface area contributed by atoms with Gasteiger partial charge in [0, 0.05) is 18.7 Å². The van der Waals surface area contributed by atoms with Crippen LogP contribution in [-0.2, 0) is 4.79 Å². The Hall–Kier alpha value is -1.70. The van der Waals surface area contributed by atoms with Crippen LogP contribution in [0.2, 0.25) is 5.02 Å². The Morgan fingerprint density at radius 3 is 2.70 bits per heavy atom. The molecule has 2 rings (SSSR count). The maximum atomic E-state index is 12.3. The van der Waals surface area contributed by atoms with Crippen LogP contribution in [0.15, 0.2) is 18.2 Å². The van der Waals surface area contributed by atoms with Gasteiger partial charge in [0.1, 0.15) is 0 Å². The van der Waals surface area contributed by atoms with E-state index in [1.165, 1.54) is 18.2 Å². The zero-order chi connectivity index (χ0) is 17.0. The second kappa shape index (κ2) is 7.72. The van der Waals surface area contributed by atoms with Gasteiger partial charge in [-0.25, -0.2) is 0 Å². The molecule has 23 heavy (non-hydrogen) atoms. The number of hydrogen-bond acceptors (Lipinski definition) is 5. The molecule has 1 atom stereocenters.